The first-order valence-electron chi connectivity index (χ1n) is 4.48. The molecule has 0 fully saturated rings. The van der Waals surface area contributed by atoms with Gasteiger partial charge in [-0.3, -0.25) is 14.7 Å². The van der Waals surface area contributed by atoms with Crippen molar-refractivity contribution in [3.63, 3.8) is 0 Å². The van der Waals surface area contributed by atoms with Gasteiger partial charge in [0.2, 0.25) is 0 Å². The van der Waals surface area contributed by atoms with Crippen LogP contribution in [0.3, 0.4) is 0 Å². The molecule has 1 heterocycles. The molecule has 80 valence electrons. The molecular weight excluding hydrogens is 210 g/mol. The molecular formula is C10H7N3O3. The number of carbonyl (C=O) groups is 1. The van der Waals surface area contributed by atoms with E-state index in [9.17, 15) is 9.59 Å². The van der Waals surface area contributed by atoms with Crippen LogP contribution in [-0.2, 0) is 11.3 Å². The van der Waals surface area contributed by atoms with Crippen molar-refractivity contribution in [3.8, 4) is 6.19 Å². The first-order chi connectivity index (χ1) is 7.72. The van der Waals surface area contributed by atoms with E-state index in [1.165, 1.54) is 10.8 Å². The Labute approximate surface area is 89.7 Å². The van der Waals surface area contributed by atoms with Gasteiger partial charge in [0.05, 0.1) is 5.52 Å². The quantitative estimate of drug-likeness (QED) is 0.574. The van der Waals surface area contributed by atoms with Gasteiger partial charge in [-0.2, -0.15) is 5.26 Å². The molecule has 0 aliphatic rings. The second-order valence-corrected chi connectivity index (χ2v) is 3.08. The summed E-state index contributed by atoms with van der Waals surface area (Å²) in [5.74, 6) is -1.18. The van der Waals surface area contributed by atoms with E-state index in [-0.39, 0.29) is 6.54 Å². The Morgan fingerprint density at radius 3 is 3.00 bits per heavy atom. The third-order valence-electron chi connectivity index (χ3n) is 2.07. The minimum Gasteiger partial charge on any atom is -0.408 e. The maximum Gasteiger partial charge on any atom is 0.420 e. The van der Waals surface area contributed by atoms with E-state index in [0.29, 0.717) is 11.1 Å². The normalized spacial score (nSPS) is 9.94. The third-order valence-corrected chi connectivity index (χ3v) is 2.07. The van der Waals surface area contributed by atoms with Gasteiger partial charge < -0.3 is 4.42 Å². The summed E-state index contributed by atoms with van der Waals surface area (Å²) < 4.78 is 6.09. The number of amides is 1. The lowest BCUT2D eigenvalue weighted by molar-refractivity contribution is -0.120. The molecule has 2 aromatic rings. The molecule has 0 saturated heterocycles. The predicted molar refractivity (Wildman–Crippen MR) is 54.2 cm³/mol. The van der Waals surface area contributed by atoms with Gasteiger partial charge in [0, 0.05) is 0 Å². The number of benzene rings is 1. The molecule has 0 bridgehead atoms. The van der Waals surface area contributed by atoms with Crippen molar-refractivity contribution in [2.24, 2.45) is 0 Å². The number of hydrogen-bond acceptors (Lipinski definition) is 4. The van der Waals surface area contributed by atoms with Gasteiger partial charge in [0.25, 0.3) is 5.91 Å². The van der Waals surface area contributed by atoms with Gasteiger partial charge in [-0.25, -0.2) is 4.79 Å². The minimum atomic E-state index is -0.616. The fourth-order valence-corrected chi connectivity index (χ4v) is 1.41. The van der Waals surface area contributed by atoms with E-state index in [1.54, 1.807) is 24.3 Å². The Morgan fingerprint density at radius 1 is 1.50 bits per heavy atom. The van der Waals surface area contributed by atoms with Crippen molar-refractivity contribution < 1.29 is 9.21 Å². The third kappa shape index (κ3) is 1.66. The van der Waals surface area contributed by atoms with Crippen LogP contribution in [-0.4, -0.2) is 10.5 Å². The summed E-state index contributed by atoms with van der Waals surface area (Å²) in [7, 11) is 0. The average molecular weight is 217 g/mol. The summed E-state index contributed by atoms with van der Waals surface area (Å²) >= 11 is 0. The maximum absolute atomic E-state index is 11.4. The van der Waals surface area contributed by atoms with Crippen LogP contribution in [0.4, 0.5) is 0 Å². The van der Waals surface area contributed by atoms with Crippen molar-refractivity contribution in [1.82, 2.24) is 9.88 Å². The molecule has 0 unspecified atom stereocenters. The highest BCUT2D eigenvalue weighted by Crippen LogP contribution is 2.11. The fourth-order valence-electron chi connectivity index (χ4n) is 1.41. The number of hydrogen-bond donors (Lipinski definition) is 1. The van der Waals surface area contributed by atoms with Gasteiger partial charge in [-0.05, 0) is 12.1 Å². The second kappa shape index (κ2) is 3.90. The number of aromatic nitrogens is 1. The smallest absolute Gasteiger partial charge is 0.408 e. The molecule has 1 amide bonds. The molecule has 0 spiro atoms. The zero-order valence-electron chi connectivity index (χ0n) is 8.14. The summed E-state index contributed by atoms with van der Waals surface area (Å²) in [5.41, 5.74) is 0.942. The second-order valence-electron chi connectivity index (χ2n) is 3.08. The Morgan fingerprint density at radius 2 is 2.25 bits per heavy atom. The largest absolute Gasteiger partial charge is 0.420 e. The van der Waals surface area contributed by atoms with Gasteiger partial charge in [0.15, 0.2) is 11.8 Å². The summed E-state index contributed by atoms with van der Waals surface area (Å²) in [6.45, 7) is -0.233. The summed E-state index contributed by atoms with van der Waals surface area (Å²) in [6, 6.07) is 6.76. The van der Waals surface area contributed by atoms with E-state index in [2.05, 4.69) is 0 Å². The van der Waals surface area contributed by atoms with E-state index < -0.39 is 11.7 Å². The van der Waals surface area contributed by atoms with Crippen molar-refractivity contribution in [3.05, 3.63) is 34.8 Å². The molecule has 2 rings (SSSR count). The van der Waals surface area contributed by atoms with Crippen molar-refractivity contribution in [2.45, 2.75) is 6.54 Å². The highest BCUT2D eigenvalue weighted by atomic mass is 16.4. The Hall–Kier alpha value is -2.55. The number of nitriles is 1. The molecule has 0 saturated carbocycles. The van der Waals surface area contributed by atoms with Crippen LogP contribution in [0.1, 0.15) is 0 Å². The standard InChI is InChI=1S/C10H7N3O3/c11-6-12-9(14)5-13-7-3-1-2-4-8(7)16-10(13)15/h1-4H,5H2,(H,12,14). The van der Waals surface area contributed by atoms with Gasteiger partial charge in [-0.15, -0.1) is 0 Å². The predicted octanol–water partition coefficient (Wildman–Crippen LogP) is 0.192. The number of fused-ring (bicyclic) bond motifs is 1. The molecule has 0 radical (unpaired) electrons. The fraction of sp³-hybridized carbons (Fsp3) is 0.100. The molecule has 0 aliphatic heterocycles. The van der Waals surface area contributed by atoms with Crippen molar-refractivity contribution in [1.29, 1.82) is 5.26 Å². The summed E-state index contributed by atoms with van der Waals surface area (Å²) in [6.07, 6.45) is 1.50. The molecule has 6 nitrogen and oxygen atoms in total. The zero-order chi connectivity index (χ0) is 11.5. The molecule has 1 N–H and O–H groups in total. The molecule has 1 aromatic carbocycles. The van der Waals surface area contributed by atoms with Crippen molar-refractivity contribution in [2.75, 3.05) is 0 Å². The lowest BCUT2D eigenvalue weighted by atomic mass is 10.3. The van der Waals surface area contributed by atoms with Gasteiger partial charge in [-0.1, -0.05) is 12.1 Å². The molecule has 0 atom stereocenters. The lowest BCUT2D eigenvalue weighted by Crippen LogP contribution is -2.27. The van der Waals surface area contributed by atoms with Gasteiger partial charge >= 0.3 is 5.76 Å². The number of nitrogens with one attached hydrogen (secondary N) is 1. The highest BCUT2D eigenvalue weighted by Gasteiger charge is 2.11. The molecule has 0 aliphatic carbocycles. The number of nitrogens with zero attached hydrogens (tertiary/aromatic N) is 2. The molecule has 6 heteroatoms. The van der Waals surface area contributed by atoms with Crippen LogP contribution in [0.15, 0.2) is 33.5 Å². The summed E-state index contributed by atoms with van der Waals surface area (Å²) in [5, 5.41) is 10.2. The van der Waals surface area contributed by atoms with Gasteiger partial charge in [0.1, 0.15) is 6.54 Å². The topological polar surface area (TPSA) is 88.0 Å². The number of oxazole rings is 1. The minimum absolute atomic E-state index is 0.233. The Balaban J connectivity index is 2.45. The molecule has 1 aromatic heterocycles. The van der Waals surface area contributed by atoms with Crippen LogP contribution in [0.2, 0.25) is 0 Å². The lowest BCUT2D eigenvalue weighted by Gasteiger charge is -1.98. The van der Waals surface area contributed by atoms with Crippen LogP contribution in [0.5, 0.6) is 0 Å². The highest BCUT2D eigenvalue weighted by molar-refractivity contribution is 5.80. The monoisotopic (exact) mass is 217 g/mol. The Kier molecular flexibility index (Phi) is 2.44. The SMILES string of the molecule is N#CNC(=O)Cn1c(=O)oc2ccccc21. The van der Waals surface area contributed by atoms with E-state index in [0.717, 1.165) is 0 Å². The van der Waals surface area contributed by atoms with E-state index >= 15 is 0 Å². The Bertz CT molecular complexity index is 633. The van der Waals surface area contributed by atoms with Crippen LogP contribution in [0, 0.1) is 11.5 Å². The van der Waals surface area contributed by atoms with Crippen LogP contribution < -0.4 is 11.1 Å². The van der Waals surface area contributed by atoms with E-state index in [4.69, 9.17) is 9.68 Å². The average Bonchev–Trinajstić information content (AvgIpc) is 2.56. The number of para-hydroxylation sites is 2. The van der Waals surface area contributed by atoms with E-state index in [1.807, 2.05) is 5.32 Å². The molecule has 16 heavy (non-hydrogen) atoms. The number of rotatable bonds is 2. The van der Waals surface area contributed by atoms with Crippen LogP contribution in [0.25, 0.3) is 11.1 Å². The zero-order valence-corrected chi connectivity index (χ0v) is 8.14. The summed E-state index contributed by atoms with van der Waals surface area (Å²) in [4.78, 5) is 22.6. The van der Waals surface area contributed by atoms with Crippen molar-refractivity contribution >= 4 is 17.0 Å². The van der Waals surface area contributed by atoms with Crippen LogP contribution >= 0.6 is 0 Å². The number of carbonyl (C=O) groups excluding carboxylic acids is 1. The first kappa shape index (κ1) is 9.98. The maximum atomic E-state index is 11.4. The first-order valence-corrected chi connectivity index (χ1v) is 4.48.